The zero-order valence-electron chi connectivity index (χ0n) is 23.1. The average molecular weight is 510 g/mol. The molecule has 2 aromatic carbocycles. The summed E-state index contributed by atoms with van der Waals surface area (Å²) in [6.45, 7) is 16.7. The van der Waals surface area contributed by atoms with Crippen LogP contribution in [0.25, 0.3) is 45.1 Å². The van der Waals surface area contributed by atoms with Crippen LogP contribution in [0.1, 0.15) is 27.7 Å². The number of hydrogen-bond acceptors (Lipinski definition) is 5. The van der Waals surface area contributed by atoms with Crippen LogP contribution in [0.5, 0.6) is 0 Å². The van der Waals surface area contributed by atoms with Gasteiger partial charge >= 0.3 is 0 Å². The smallest absolute Gasteiger partial charge is 0.159 e. The highest BCUT2D eigenvalue weighted by atomic mass is 15.2. The zero-order valence-corrected chi connectivity index (χ0v) is 23.1. The number of benzene rings is 2. The van der Waals surface area contributed by atoms with Crippen molar-refractivity contribution in [1.82, 2.24) is 33.9 Å². The Hall–Kier alpha value is -3.55. The van der Waals surface area contributed by atoms with Crippen LogP contribution in [0, 0.1) is 0 Å². The van der Waals surface area contributed by atoms with Gasteiger partial charge < -0.3 is 18.9 Å². The van der Waals surface area contributed by atoms with Crippen molar-refractivity contribution in [3.05, 3.63) is 66.7 Å². The fraction of sp³-hybridized carbons (Fsp3) is 0.387. The maximum atomic E-state index is 5.17. The van der Waals surface area contributed by atoms with Gasteiger partial charge in [-0.1, -0.05) is 58.0 Å². The van der Waals surface area contributed by atoms with Gasteiger partial charge in [0.2, 0.25) is 0 Å². The number of likely N-dealkylation sites (N-methyl/N-ethyl adjacent to an activating group) is 2. The number of rotatable bonds is 12. The van der Waals surface area contributed by atoms with Crippen LogP contribution in [-0.4, -0.2) is 73.2 Å². The lowest BCUT2D eigenvalue weighted by Crippen LogP contribution is -2.27. The summed E-state index contributed by atoms with van der Waals surface area (Å²) in [5.74, 6) is 1.82. The molecule has 0 bridgehead atoms. The predicted molar refractivity (Wildman–Crippen MR) is 157 cm³/mol. The van der Waals surface area contributed by atoms with Crippen LogP contribution >= 0.6 is 0 Å². The van der Waals surface area contributed by atoms with E-state index in [-0.39, 0.29) is 0 Å². The molecule has 0 aliphatic rings. The Bertz CT molecular complexity index is 1380. The molecule has 0 saturated heterocycles. The standard InChI is InChI=1S/C31H39N7/c1-5-35(6-2)20-22-37-28-18-11-9-14-24(28)33-30(37)26-16-13-17-27(32-26)31-34-25-15-10-12-19-29(25)38(31)23-21-36(7-3)8-4/h9-19H,5-8,20-23H2,1-4H3. The van der Waals surface area contributed by atoms with Gasteiger partial charge in [0.15, 0.2) is 11.6 Å². The molecule has 7 nitrogen and oxygen atoms in total. The van der Waals surface area contributed by atoms with E-state index in [0.717, 1.165) is 97.5 Å². The molecule has 198 valence electrons. The van der Waals surface area contributed by atoms with Crippen LogP contribution in [0.3, 0.4) is 0 Å². The fourth-order valence-electron chi connectivity index (χ4n) is 5.24. The fourth-order valence-corrected chi connectivity index (χ4v) is 5.24. The Balaban J connectivity index is 1.57. The number of para-hydroxylation sites is 4. The Morgan fingerprint density at radius 3 is 1.37 bits per heavy atom. The molecule has 0 radical (unpaired) electrons. The Kier molecular flexibility index (Phi) is 8.15. The molecule has 7 heteroatoms. The minimum absolute atomic E-state index is 0.867. The van der Waals surface area contributed by atoms with Crippen LogP contribution in [0.2, 0.25) is 0 Å². The molecular formula is C31H39N7. The third-order valence-corrected chi connectivity index (χ3v) is 7.58. The highest BCUT2D eigenvalue weighted by Crippen LogP contribution is 2.28. The van der Waals surface area contributed by atoms with Crippen LogP contribution < -0.4 is 0 Å². The van der Waals surface area contributed by atoms with Crippen LogP contribution in [0.4, 0.5) is 0 Å². The molecule has 0 aliphatic carbocycles. The van der Waals surface area contributed by atoms with Gasteiger partial charge in [-0.3, -0.25) is 0 Å². The lowest BCUT2D eigenvalue weighted by molar-refractivity contribution is 0.292. The first kappa shape index (κ1) is 26.1. The summed E-state index contributed by atoms with van der Waals surface area (Å²) < 4.78 is 4.65. The second-order valence-electron chi connectivity index (χ2n) is 9.61. The Labute approximate surface area is 225 Å². The Morgan fingerprint density at radius 1 is 0.526 bits per heavy atom. The number of nitrogens with zero attached hydrogens (tertiary/aromatic N) is 7. The first-order valence-electron chi connectivity index (χ1n) is 14.0. The summed E-state index contributed by atoms with van der Waals surface area (Å²) >= 11 is 0. The first-order valence-corrected chi connectivity index (χ1v) is 14.0. The molecule has 0 aliphatic heterocycles. The number of fused-ring (bicyclic) bond motifs is 2. The average Bonchev–Trinajstić information content (AvgIpc) is 3.53. The summed E-state index contributed by atoms with van der Waals surface area (Å²) in [5.41, 5.74) is 6.05. The molecule has 0 amide bonds. The zero-order chi connectivity index (χ0) is 26.5. The second-order valence-corrected chi connectivity index (χ2v) is 9.61. The number of aromatic nitrogens is 5. The van der Waals surface area contributed by atoms with Crippen molar-refractivity contribution in [2.75, 3.05) is 39.3 Å². The van der Waals surface area contributed by atoms with E-state index in [1.807, 2.05) is 0 Å². The minimum Gasteiger partial charge on any atom is -0.321 e. The highest BCUT2D eigenvalue weighted by Gasteiger charge is 2.18. The predicted octanol–water partition coefficient (Wildman–Crippen LogP) is 5.80. The van der Waals surface area contributed by atoms with Gasteiger partial charge in [-0.05, 0) is 62.6 Å². The molecule has 0 spiro atoms. The molecule has 3 heterocycles. The molecule has 5 aromatic rings. The van der Waals surface area contributed by atoms with Gasteiger partial charge in [0.25, 0.3) is 0 Å². The van der Waals surface area contributed by atoms with Gasteiger partial charge in [0.1, 0.15) is 11.4 Å². The first-order chi connectivity index (χ1) is 18.7. The van der Waals surface area contributed by atoms with Crippen molar-refractivity contribution in [1.29, 1.82) is 0 Å². The summed E-state index contributed by atoms with van der Waals surface area (Å²) in [4.78, 5) is 20.1. The molecule has 3 aromatic heterocycles. The van der Waals surface area contributed by atoms with Gasteiger partial charge in [0, 0.05) is 26.2 Å². The van der Waals surface area contributed by atoms with Gasteiger partial charge in [-0.15, -0.1) is 0 Å². The maximum absolute atomic E-state index is 5.17. The summed E-state index contributed by atoms with van der Waals surface area (Å²) in [6, 6.07) is 23.0. The lowest BCUT2D eigenvalue weighted by Gasteiger charge is -2.20. The van der Waals surface area contributed by atoms with Crippen LogP contribution in [-0.2, 0) is 13.1 Å². The normalized spacial score (nSPS) is 11.9. The Morgan fingerprint density at radius 2 is 0.947 bits per heavy atom. The van der Waals surface area contributed by atoms with Crippen LogP contribution in [0.15, 0.2) is 66.7 Å². The van der Waals surface area contributed by atoms with E-state index >= 15 is 0 Å². The number of hydrogen-bond donors (Lipinski definition) is 0. The van der Waals surface area contributed by atoms with E-state index in [0.29, 0.717) is 0 Å². The van der Waals surface area contributed by atoms with Crippen molar-refractivity contribution in [3.8, 4) is 23.0 Å². The molecule has 0 atom stereocenters. The lowest BCUT2D eigenvalue weighted by atomic mass is 10.2. The molecule has 0 fully saturated rings. The summed E-state index contributed by atoms with van der Waals surface area (Å²) in [5, 5.41) is 0. The number of imidazole rings is 2. The molecular weight excluding hydrogens is 470 g/mol. The molecule has 38 heavy (non-hydrogen) atoms. The van der Waals surface area contributed by atoms with E-state index < -0.39 is 0 Å². The molecule has 5 rings (SSSR count). The van der Waals surface area contributed by atoms with E-state index in [1.165, 1.54) is 0 Å². The SMILES string of the molecule is CCN(CC)CCn1c(-c2cccc(-c3nc4ccccc4n3CCN(CC)CC)n2)nc2ccccc21. The van der Waals surface area contributed by atoms with E-state index in [9.17, 15) is 0 Å². The number of pyridine rings is 1. The molecule has 0 unspecified atom stereocenters. The van der Waals surface area contributed by atoms with Crippen molar-refractivity contribution >= 4 is 22.1 Å². The third kappa shape index (κ3) is 5.22. The highest BCUT2D eigenvalue weighted by molar-refractivity contribution is 5.82. The largest absolute Gasteiger partial charge is 0.321 e. The minimum atomic E-state index is 0.867. The monoisotopic (exact) mass is 509 g/mol. The molecule has 0 N–H and O–H groups in total. The quantitative estimate of drug-likeness (QED) is 0.213. The van der Waals surface area contributed by atoms with Crippen molar-refractivity contribution < 1.29 is 0 Å². The van der Waals surface area contributed by atoms with E-state index in [1.54, 1.807) is 0 Å². The third-order valence-electron chi connectivity index (χ3n) is 7.58. The van der Waals surface area contributed by atoms with E-state index in [4.69, 9.17) is 15.0 Å². The van der Waals surface area contributed by atoms with Gasteiger partial charge in [-0.2, -0.15) is 0 Å². The molecule has 0 saturated carbocycles. The van der Waals surface area contributed by atoms with Crippen molar-refractivity contribution in [2.45, 2.75) is 40.8 Å². The van der Waals surface area contributed by atoms with E-state index in [2.05, 4.69) is 113 Å². The topological polar surface area (TPSA) is 55.0 Å². The second kappa shape index (κ2) is 11.9. The van der Waals surface area contributed by atoms with Gasteiger partial charge in [-0.25, -0.2) is 15.0 Å². The summed E-state index contributed by atoms with van der Waals surface area (Å²) in [7, 11) is 0. The maximum Gasteiger partial charge on any atom is 0.159 e. The van der Waals surface area contributed by atoms with Crippen molar-refractivity contribution in [3.63, 3.8) is 0 Å². The van der Waals surface area contributed by atoms with Gasteiger partial charge in [0.05, 0.1) is 22.1 Å². The summed E-state index contributed by atoms with van der Waals surface area (Å²) in [6.07, 6.45) is 0. The van der Waals surface area contributed by atoms with Crippen molar-refractivity contribution in [2.24, 2.45) is 0 Å².